The first-order valence-electron chi connectivity index (χ1n) is 25.4. The number of likely N-dealkylation sites (N-methyl/N-ethyl adjacent to an activating group) is 1. The highest BCUT2D eigenvalue weighted by Crippen LogP contribution is 2.38. The van der Waals surface area contributed by atoms with E-state index in [2.05, 4.69) is 79.9 Å². The summed E-state index contributed by atoms with van der Waals surface area (Å²) in [5, 5.41) is 13.7. The van der Waals surface area contributed by atoms with Gasteiger partial charge >= 0.3 is 0 Å². The third-order valence-corrected chi connectivity index (χ3v) is 11.8. The van der Waals surface area contributed by atoms with Crippen molar-refractivity contribution in [3.63, 3.8) is 0 Å². The molecule has 0 saturated heterocycles. The van der Waals surface area contributed by atoms with Crippen molar-refractivity contribution in [3.8, 4) is 0 Å². The van der Waals surface area contributed by atoms with Gasteiger partial charge < -0.3 is 28.8 Å². The van der Waals surface area contributed by atoms with E-state index in [1.165, 1.54) is 122 Å². The van der Waals surface area contributed by atoms with Gasteiger partial charge in [0.2, 0.25) is 5.91 Å². The van der Waals surface area contributed by atoms with Crippen molar-refractivity contribution in [2.24, 2.45) is 0 Å². The zero-order valence-corrected chi connectivity index (χ0v) is 42.1. The number of phosphoric acid groups is 1. The minimum absolute atomic E-state index is 0.0257. The molecule has 63 heavy (non-hydrogen) atoms. The fraction of sp³-hybridized carbons (Fsp3) is 0.722. The first kappa shape index (κ1) is 60.7. The van der Waals surface area contributed by atoms with Crippen LogP contribution >= 0.6 is 7.82 Å². The molecule has 1 amide bonds. The number of aliphatic hydroxyl groups is 1. The van der Waals surface area contributed by atoms with Crippen molar-refractivity contribution < 1.29 is 32.9 Å². The standard InChI is InChI=1S/C54H97N2O6P/c1-6-8-10-12-14-16-18-20-21-22-23-24-25-26-27-28-29-30-31-32-33-34-36-37-39-41-43-45-47-53(57)52(51-62-63(59,60)61-50-49-56(3,4)5)55-54(58)48-46-44-42-40-38-35-19-17-15-13-11-9-7-2/h9,11,15,17,32-33,35,37-39,42,44-45,47,52-53,57H,6-8,10,12-14,16,18-31,34,36,40-41,43,46,48-51H2,1-5H3,(H-,55,58,59,60)/b11-9-,17-15-,33-32+,38-35-,39-37+,44-42-,47-45+. The molecule has 0 aliphatic rings. The van der Waals surface area contributed by atoms with E-state index in [9.17, 15) is 19.4 Å². The summed E-state index contributed by atoms with van der Waals surface area (Å²) >= 11 is 0. The number of amides is 1. The molecule has 0 spiro atoms. The van der Waals surface area contributed by atoms with Crippen LogP contribution in [-0.2, 0) is 18.4 Å². The van der Waals surface area contributed by atoms with Gasteiger partial charge in [-0.05, 0) is 70.6 Å². The normalized spacial score (nSPS) is 14.8. The third kappa shape index (κ3) is 47.5. The number of aliphatic hydroxyl groups excluding tert-OH is 1. The summed E-state index contributed by atoms with van der Waals surface area (Å²) in [6, 6.07) is -0.952. The maximum atomic E-state index is 12.8. The molecular weight excluding hydrogens is 804 g/mol. The molecular formula is C54H97N2O6P. The summed E-state index contributed by atoms with van der Waals surface area (Å²) in [5.41, 5.74) is 0. The number of phosphoric ester groups is 1. The molecule has 0 rings (SSSR count). The minimum atomic E-state index is -4.63. The molecule has 3 unspecified atom stereocenters. The van der Waals surface area contributed by atoms with E-state index in [0.717, 1.165) is 44.9 Å². The largest absolute Gasteiger partial charge is 0.756 e. The van der Waals surface area contributed by atoms with E-state index >= 15 is 0 Å². The maximum absolute atomic E-state index is 12.8. The predicted molar refractivity (Wildman–Crippen MR) is 270 cm³/mol. The van der Waals surface area contributed by atoms with Crippen LogP contribution in [-0.4, -0.2) is 68.5 Å². The van der Waals surface area contributed by atoms with Gasteiger partial charge in [0.05, 0.1) is 39.9 Å². The van der Waals surface area contributed by atoms with Crippen LogP contribution in [0.15, 0.2) is 85.1 Å². The smallest absolute Gasteiger partial charge is 0.268 e. The second kappa shape index (κ2) is 44.9. The Hall–Kier alpha value is -2.32. The Balaban J connectivity index is 4.35. The van der Waals surface area contributed by atoms with Gasteiger partial charge in [-0.1, -0.05) is 208 Å². The van der Waals surface area contributed by atoms with Crippen molar-refractivity contribution >= 4 is 13.7 Å². The third-order valence-electron chi connectivity index (χ3n) is 10.8. The van der Waals surface area contributed by atoms with Gasteiger partial charge in [-0.15, -0.1) is 0 Å². The van der Waals surface area contributed by atoms with E-state index in [1.54, 1.807) is 6.08 Å². The number of quaternary nitrogens is 1. The van der Waals surface area contributed by atoms with Crippen molar-refractivity contribution in [2.75, 3.05) is 40.9 Å². The molecule has 2 N–H and O–H groups in total. The summed E-state index contributed by atoms with van der Waals surface area (Å²) in [4.78, 5) is 25.3. The Morgan fingerprint density at radius 1 is 0.571 bits per heavy atom. The van der Waals surface area contributed by atoms with E-state index < -0.39 is 26.6 Å². The van der Waals surface area contributed by atoms with Crippen LogP contribution in [0, 0.1) is 0 Å². The van der Waals surface area contributed by atoms with E-state index in [0.29, 0.717) is 23.9 Å². The predicted octanol–water partition coefficient (Wildman–Crippen LogP) is 14.3. The van der Waals surface area contributed by atoms with Crippen molar-refractivity contribution in [1.29, 1.82) is 0 Å². The lowest BCUT2D eigenvalue weighted by Crippen LogP contribution is -2.45. The Bertz CT molecular complexity index is 1300. The Morgan fingerprint density at radius 3 is 1.46 bits per heavy atom. The monoisotopic (exact) mass is 901 g/mol. The molecule has 3 atom stereocenters. The number of carbonyl (C=O) groups excluding carboxylic acids is 1. The SMILES string of the molecule is CC/C=C\C/C=C\C/C=C\C/C=C\CCC(=O)NC(COP(=O)([O-])OCC[N+](C)(C)C)C(O)/C=C/CC/C=C/CC/C=C/CCCCCCCCCCCCCCCCCCCC. The average Bonchev–Trinajstić information content (AvgIpc) is 3.24. The molecule has 0 bridgehead atoms. The number of carbonyl (C=O) groups is 1. The summed E-state index contributed by atoms with van der Waals surface area (Å²) in [5.74, 6) is -0.294. The van der Waals surface area contributed by atoms with E-state index in [4.69, 9.17) is 9.05 Å². The first-order chi connectivity index (χ1) is 30.5. The lowest BCUT2D eigenvalue weighted by Gasteiger charge is -2.29. The molecule has 0 aromatic rings. The summed E-state index contributed by atoms with van der Waals surface area (Å²) in [7, 11) is 1.18. The first-order valence-corrected chi connectivity index (χ1v) is 26.9. The van der Waals surface area contributed by atoms with Gasteiger partial charge in [-0.3, -0.25) is 9.36 Å². The van der Waals surface area contributed by atoms with Crippen LogP contribution in [0.1, 0.15) is 200 Å². The van der Waals surface area contributed by atoms with Gasteiger partial charge in [-0.2, -0.15) is 0 Å². The molecule has 0 aliphatic heterocycles. The van der Waals surface area contributed by atoms with E-state index in [1.807, 2.05) is 39.4 Å². The molecule has 0 aliphatic carbocycles. The number of nitrogens with one attached hydrogen (secondary N) is 1. The van der Waals surface area contributed by atoms with Gasteiger partial charge in [-0.25, -0.2) is 0 Å². The number of nitrogens with zero attached hydrogens (tertiary/aromatic N) is 1. The number of unbranched alkanes of at least 4 members (excludes halogenated alkanes) is 20. The van der Waals surface area contributed by atoms with Gasteiger partial charge in [0.1, 0.15) is 13.2 Å². The average molecular weight is 901 g/mol. The van der Waals surface area contributed by atoms with Gasteiger partial charge in [0.15, 0.2) is 0 Å². The highest BCUT2D eigenvalue weighted by Gasteiger charge is 2.23. The Kier molecular flexibility index (Phi) is 43.2. The minimum Gasteiger partial charge on any atom is -0.756 e. The molecule has 0 aromatic carbocycles. The van der Waals surface area contributed by atoms with Crippen molar-refractivity contribution in [3.05, 3.63) is 85.1 Å². The lowest BCUT2D eigenvalue weighted by molar-refractivity contribution is -0.870. The van der Waals surface area contributed by atoms with Gasteiger partial charge in [0.25, 0.3) is 7.82 Å². The topological polar surface area (TPSA) is 108 Å². The van der Waals surface area contributed by atoms with Crippen LogP contribution in [0.4, 0.5) is 0 Å². The molecule has 0 aromatic heterocycles. The quantitative estimate of drug-likeness (QED) is 0.0273. The fourth-order valence-electron chi connectivity index (χ4n) is 6.84. The second-order valence-electron chi connectivity index (χ2n) is 18.1. The number of allylic oxidation sites excluding steroid dienone is 13. The highest BCUT2D eigenvalue weighted by molar-refractivity contribution is 7.45. The molecule has 0 fully saturated rings. The van der Waals surface area contributed by atoms with E-state index in [-0.39, 0.29) is 18.9 Å². The van der Waals surface area contributed by atoms with Crippen LogP contribution in [0.25, 0.3) is 0 Å². The molecule has 0 heterocycles. The molecule has 9 heteroatoms. The second-order valence-corrected chi connectivity index (χ2v) is 19.5. The van der Waals surface area contributed by atoms with Crippen LogP contribution < -0.4 is 10.2 Å². The zero-order valence-electron chi connectivity index (χ0n) is 41.2. The fourth-order valence-corrected chi connectivity index (χ4v) is 7.56. The summed E-state index contributed by atoms with van der Waals surface area (Å²) < 4.78 is 23.2. The molecule has 0 saturated carbocycles. The summed E-state index contributed by atoms with van der Waals surface area (Å²) in [6.45, 7) is 4.43. The number of hydrogen-bond donors (Lipinski definition) is 2. The maximum Gasteiger partial charge on any atom is 0.268 e. The zero-order chi connectivity index (χ0) is 46.4. The molecule has 8 nitrogen and oxygen atoms in total. The Morgan fingerprint density at radius 2 is 0.984 bits per heavy atom. The number of hydrogen-bond acceptors (Lipinski definition) is 6. The van der Waals surface area contributed by atoms with Crippen LogP contribution in [0.5, 0.6) is 0 Å². The lowest BCUT2D eigenvalue weighted by atomic mass is 10.0. The van der Waals surface area contributed by atoms with Crippen LogP contribution in [0.2, 0.25) is 0 Å². The van der Waals surface area contributed by atoms with Crippen molar-refractivity contribution in [2.45, 2.75) is 212 Å². The molecule has 364 valence electrons. The van der Waals surface area contributed by atoms with Crippen molar-refractivity contribution in [1.82, 2.24) is 5.32 Å². The Labute approximate surface area is 388 Å². The number of rotatable bonds is 45. The van der Waals surface area contributed by atoms with Gasteiger partial charge in [0, 0.05) is 6.42 Å². The highest BCUT2D eigenvalue weighted by atomic mass is 31.2. The van der Waals surface area contributed by atoms with Crippen LogP contribution in [0.3, 0.4) is 0 Å². The summed E-state index contributed by atoms with van der Waals surface area (Å²) in [6.07, 6.45) is 62.6. The molecule has 0 radical (unpaired) electrons.